The van der Waals surface area contributed by atoms with Crippen LogP contribution in [0.1, 0.15) is 10.4 Å². The van der Waals surface area contributed by atoms with E-state index < -0.39 is 0 Å². The topological polar surface area (TPSA) is 47.3 Å². The largest absolute Gasteiger partial charge is 0.298 e. The van der Waals surface area contributed by atoms with Crippen molar-refractivity contribution < 1.29 is 4.79 Å². The third-order valence-electron chi connectivity index (χ3n) is 2.91. The average Bonchev–Trinajstić information content (AvgIpc) is 2.90. The summed E-state index contributed by atoms with van der Waals surface area (Å²) >= 11 is 1.70. The highest BCUT2D eigenvalue weighted by Gasteiger charge is 2.08. The number of carbonyl (C=O) groups is 1. The lowest BCUT2D eigenvalue weighted by molar-refractivity contribution is 0.112. The predicted molar refractivity (Wildman–Crippen MR) is 75.6 cm³/mol. The Kier molecular flexibility index (Phi) is 3.05. The van der Waals surface area contributed by atoms with Gasteiger partial charge in [-0.15, -0.1) is 22.0 Å². The quantitative estimate of drug-likeness (QED) is 0.542. The minimum Gasteiger partial charge on any atom is -0.298 e. The van der Waals surface area contributed by atoms with E-state index in [1.807, 2.05) is 34.9 Å². The lowest BCUT2D eigenvalue weighted by Gasteiger charge is -2.02. The van der Waals surface area contributed by atoms with E-state index in [0.29, 0.717) is 5.56 Å². The molecule has 0 aliphatic rings. The third-order valence-corrected chi connectivity index (χ3v) is 3.65. The number of aldehydes is 1. The lowest BCUT2D eigenvalue weighted by Crippen LogP contribution is -1.92. The van der Waals surface area contributed by atoms with Gasteiger partial charge in [-0.1, -0.05) is 12.1 Å². The second-order valence-electron chi connectivity index (χ2n) is 4.06. The Labute approximate surface area is 114 Å². The van der Waals surface area contributed by atoms with Crippen molar-refractivity contribution in [2.75, 3.05) is 6.26 Å². The first-order valence-corrected chi connectivity index (χ1v) is 6.98. The number of hydrogen-bond donors (Lipinski definition) is 0. The van der Waals surface area contributed by atoms with E-state index in [4.69, 9.17) is 0 Å². The van der Waals surface area contributed by atoms with Crippen LogP contribution in [-0.2, 0) is 0 Å². The van der Waals surface area contributed by atoms with E-state index in [1.54, 1.807) is 30.1 Å². The molecular weight excluding hydrogens is 258 g/mol. The third kappa shape index (κ3) is 2.13. The molecule has 3 rings (SSSR count). The molecule has 94 valence electrons. The summed E-state index contributed by atoms with van der Waals surface area (Å²) in [5.74, 6) is 0.742. The number of benzene rings is 1. The summed E-state index contributed by atoms with van der Waals surface area (Å²) in [6.45, 7) is 0. The molecule has 19 heavy (non-hydrogen) atoms. The average molecular weight is 269 g/mol. The molecular formula is C14H11N3OS. The monoisotopic (exact) mass is 269 g/mol. The SMILES string of the molecule is CSc1ccc(-c2nnc3ccc(C=O)cn23)cc1. The summed E-state index contributed by atoms with van der Waals surface area (Å²) in [6, 6.07) is 11.6. The standard InChI is InChI=1S/C14H11N3OS/c1-19-12-5-3-11(4-6-12)14-16-15-13-7-2-10(9-18)8-17(13)14/h2-9H,1H3. The minimum atomic E-state index is 0.606. The Bertz CT molecular complexity index is 734. The van der Waals surface area contributed by atoms with Gasteiger partial charge < -0.3 is 0 Å². The molecule has 0 bridgehead atoms. The van der Waals surface area contributed by atoms with E-state index in [0.717, 1.165) is 23.3 Å². The molecule has 0 saturated heterocycles. The van der Waals surface area contributed by atoms with Gasteiger partial charge in [0.1, 0.15) is 0 Å². The van der Waals surface area contributed by atoms with Crippen molar-refractivity contribution in [1.82, 2.24) is 14.6 Å². The van der Waals surface area contributed by atoms with Gasteiger partial charge >= 0.3 is 0 Å². The number of hydrogen-bond acceptors (Lipinski definition) is 4. The van der Waals surface area contributed by atoms with Crippen molar-refractivity contribution in [1.29, 1.82) is 0 Å². The van der Waals surface area contributed by atoms with Gasteiger partial charge in [-0.05, 0) is 30.5 Å². The molecule has 0 spiro atoms. The highest BCUT2D eigenvalue weighted by atomic mass is 32.2. The first kappa shape index (κ1) is 11.9. The molecule has 0 amide bonds. The lowest BCUT2D eigenvalue weighted by atomic mass is 10.2. The van der Waals surface area contributed by atoms with Crippen molar-refractivity contribution in [3.05, 3.63) is 48.2 Å². The molecule has 0 unspecified atom stereocenters. The maximum absolute atomic E-state index is 10.8. The molecule has 0 N–H and O–H groups in total. The van der Waals surface area contributed by atoms with E-state index >= 15 is 0 Å². The van der Waals surface area contributed by atoms with Gasteiger partial charge in [0.15, 0.2) is 17.8 Å². The van der Waals surface area contributed by atoms with Crippen LogP contribution in [0.2, 0.25) is 0 Å². The number of aromatic nitrogens is 3. The van der Waals surface area contributed by atoms with Crippen molar-refractivity contribution in [2.24, 2.45) is 0 Å². The molecule has 3 aromatic rings. The fourth-order valence-corrected chi connectivity index (χ4v) is 2.32. The van der Waals surface area contributed by atoms with Crippen molar-refractivity contribution in [2.45, 2.75) is 4.90 Å². The number of fused-ring (bicyclic) bond motifs is 1. The van der Waals surface area contributed by atoms with Crippen LogP contribution >= 0.6 is 11.8 Å². The normalized spacial score (nSPS) is 10.8. The van der Waals surface area contributed by atoms with Crippen LogP contribution in [0, 0.1) is 0 Å². The maximum Gasteiger partial charge on any atom is 0.168 e. The first-order valence-electron chi connectivity index (χ1n) is 5.76. The van der Waals surface area contributed by atoms with E-state index in [9.17, 15) is 4.79 Å². The molecule has 4 nitrogen and oxygen atoms in total. The molecule has 0 aliphatic carbocycles. The van der Waals surface area contributed by atoms with Crippen LogP contribution in [0.15, 0.2) is 47.5 Å². The second-order valence-corrected chi connectivity index (χ2v) is 4.94. The molecule has 1 aromatic carbocycles. The minimum absolute atomic E-state index is 0.606. The van der Waals surface area contributed by atoms with Crippen LogP contribution in [0.5, 0.6) is 0 Å². The van der Waals surface area contributed by atoms with Crippen LogP contribution in [-0.4, -0.2) is 27.1 Å². The van der Waals surface area contributed by atoms with Gasteiger partial charge in [0.2, 0.25) is 0 Å². The fraction of sp³-hybridized carbons (Fsp3) is 0.0714. The highest BCUT2D eigenvalue weighted by molar-refractivity contribution is 7.98. The molecule has 2 aromatic heterocycles. The van der Waals surface area contributed by atoms with Crippen LogP contribution in [0.3, 0.4) is 0 Å². The first-order chi connectivity index (χ1) is 9.31. The molecule has 2 heterocycles. The summed E-state index contributed by atoms with van der Waals surface area (Å²) in [6.07, 6.45) is 4.61. The Morgan fingerprint density at radius 1 is 1.11 bits per heavy atom. The molecule has 0 fully saturated rings. The van der Waals surface area contributed by atoms with Gasteiger partial charge in [-0.2, -0.15) is 0 Å². The summed E-state index contributed by atoms with van der Waals surface area (Å²) in [4.78, 5) is 12.0. The molecule has 0 aliphatic heterocycles. The summed E-state index contributed by atoms with van der Waals surface area (Å²) in [5, 5.41) is 8.29. The van der Waals surface area contributed by atoms with Gasteiger partial charge in [-0.3, -0.25) is 9.20 Å². The smallest absolute Gasteiger partial charge is 0.168 e. The van der Waals surface area contributed by atoms with Crippen molar-refractivity contribution in [3.63, 3.8) is 0 Å². The van der Waals surface area contributed by atoms with Crippen molar-refractivity contribution >= 4 is 23.7 Å². The molecule has 0 saturated carbocycles. The highest BCUT2D eigenvalue weighted by Crippen LogP contribution is 2.22. The predicted octanol–water partition coefficient (Wildman–Crippen LogP) is 2.93. The van der Waals surface area contributed by atoms with Crippen LogP contribution < -0.4 is 0 Å². The van der Waals surface area contributed by atoms with Crippen LogP contribution in [0.25, 0.3) is 17.0 Å². The number of nitrogens with zero attached hydrogens (tertiary/aromatic N) is 3. The Morgan fingerprint density at radius 2 is 1.89 bits per heavy atom. The van der Waals surface area contributed by atoms with E-state index in [1.165, 1.54) is 4.90 Å². The summed E-state index contributed by atoms with van der Waals surface area (Å²) in [5.41, 5.74) is 2.32. The molecule has 0 radical (unpaired) electrons. The van der Waals surface area contributed by atoms with E-state index in [2.05, 4.69) is 10.2 Å². The van der Waals surface area contributed by atoms with Gasteiger partial charge in [0.05, 0.1) is 0 Å². The fourth-order valence-electron chi connectivity index (χ4n) is 1.91. The zero-order valence-electron chi connectivity index (χ0n) is 10.3. The second kappa shape index (κ2) is 4.85. The number of pyridine rings is 1. The van der Waals surface area contributed by atoms with Crippen molar-refractivity contribution in [3.8, 4) is 11.4 Å². The van der Waals surface area contributed by atoms with Gasteiger partial charge in [0.25, 0.3) is 0 Å². The molecule has 0 atom stereocenters. The zero-order valence-corrected chi connectivity index (χ0v) is 11.1. The maximum atomic E-state index is 10.8. The van der Waals surface area contributed by atoms with E-state index in [-0.39, 0.29) is 0 Å². The zero-order chi connectivity index (χ0) is 13.2. The Balaban J connectivity index is 2.15. The Morgan fingerprint density at radius 3 is 2.58 bits per heavy atom. The summed E-state index contributed by atoms with van der Waals surface area (Å²) < 4.78 is 1.83. The van der Waals surface area contributed by atoms with Crippen LogP contribution in [0.4, 0.5) is 0 Å². The Hall–Kier alpha value is -2.14. The van der Waals surface area contributed by atoms with Gasteiger partial charge in [-0.25, -0.2) is 0 Å². The number of thioether (sulfide) groups is 1. The summed E-state index contributed by atoms with van der Waals surface area (Å²) in [7, 11) is 0. The molecule has 5 heteroatoms. The van der Waals surface area contributed by atoms with Gasteiger partial charge in [0, 0.05) is 22.2 Å². The number of carbonyl (C=O) groups excluding carboxylic acids is 1. The number of rotatable bonds is 3.